The van der Waals surface area contributed by atoms with Gasteiger partial charge in [0, 0.05) is 16.6 Å². The van der Waals surface area contributed by atoms with E-state index in [1.54, 1.807) is 18.3 Å². The van der Waals surface area contributed by atoms with Crippen molar-refractivity contribution in [3.05, 3.63) is 64.6 Å². The Morgan fingerprint density at radius 3 is 2.81 bits per heavy atom. The Morgan fingerprint density at radius 1 is 1.23 bits per heavy atom. The largest absolute Gasteiger partial charge is 0.326 e. The summed E-state index contributed by atoms with van der Waals surface area (Å²) in [5.74, 6) is -0.461. The standard InChI is InChI=1S/C18H15BrN4O2S/c19-13-6-4-5-12(9-13)11-20-23-18-22-17(25)15(26-18)10-16(24)21-14-7-2-1-3-8-14/h1-9,11,15H,10H2,(H,21,24)(H,22,23,25)/b20-11-/t15-/m1/s1. The van der Waals surface area contributed by atoms with Crippen molar-refractivity contribution in [3.8, 4) is 0 Å². The number of para-hydroxylation sites is 1. The minimum absolute atomic E-state index is 0.0692. The minimum atomic E-state index is -0.515. The van der Waals surface area contributed by atoms with Gasteiger partial charge in [0.15, 0.2) is 5.17 Å². The van der Waals surface area contributed by atoms with Gasteiger partial charge in [-0.3, -0.25) is 9.59 Å². The van der Waals surface area contributed by atoms with E-state index < -0.39 is 5.25 Å². The third-order valence-corrected chi connectivity index (χ3v) is 4.97. The summed E-state index contributed by atoms with van der Waals surface area (Å²) in [6, 6.07) is 16.7. The Kier molecular flexibility index (Phi) is 6.19. The quantitative estimate of drug-likeness (QED) is 0.563. The molecule has 2 amide bonds. The molecule has 1 aliphatic rings. The summed E-state index contributed by atoms with van der Waals surface area (Å²) >= 11 is 4.59. The van der Waals surface area contributed by atoms with Crippen LogP contribution in [-0.2, 0) is 9.59 Å². The first-order valence-electron chi connectivity index (χ1n) is 7.79. The molecule has 1 saturated heterocycles. The molecule has 8 heteroatoms. The van der Waals surface area contributed by atoms with E-state index in [9.17, 15) is 9.59 Å². The number of carbonyl (C=O) groups excluding carboxylic acids is 2. The molecule has 1 aliphatic heterocycles. The molecule has 26 heavy (non-hydrogen) atoms. The van der Waals surface area contributed by atoms with Crippen LogP contribution < -0.4 is 10.6 Å². The van der Waals surface area contributed by atoms with Gasteiger partial charge in [0.1, 0.15) is 5.25 Å². The smallest absolute Gasteiger partial charge is 0.240 e. The molecule has 0 radical (unpaired) electrons. The van der Waals surface area contributed by atoms with Crippen molar-refractivity contribution in [1.29, 1.82) is 0 Å². The highest BCUT2D eigenvalue weighted by atomic mass is 79.9. The van der Waals surface area contributed by atoms with E-state index in [0.29, 0.717) is 10.9 Å². The fraction of sp³-hybridized carbons (Fsp3) is 0.111. The number of benzene rings is 2. The minimum Gasteiger partial charge on any atom is -0.326 e. The summed E-state index contributed by atoms with van der Waals surface area (Å²) in [5.41, 5.74) is 1.59. The number of hydrogen-bond acceptors (Lipinski definition) is 5. The van der Waals surface area contributed by atoms with E-state index in [1.807, 2.05) is 42.5 Å². The first kappa shape index (κ1) is 18.3. The van der Waals surface area contributed by atoms with Gasteiger partial charge in [-0.15, -0.1) is 5.10 Å². The van der Waals surface area contributed by atoms with Crippen molar-refractivity contribution in [2.75, 3.05) is 5.32 Å². The SMILES string of the molecule is O=C(C[C@H]1S/C(=N\N=C/c2cccc(Br)c2)NC1=O)Nc1ccccc1. The molecule has 132 valence electrons. The number of amides is 2. The maximum absolute atomic E-state index is 12.1. The summed E-state index contributed by atoms with van der Waals surface area (Å²) in [4.78, 5) is 24.1. The molecule has 2 aromatic carbocycles. The third-order valence-electron chi connectivity index (χ3n) is 3.41. The van der Waals surface area contributed by atoms with Gasteiger partial charge in [-0.1, -0.05) is 58.0 Å². The van der Waals surface area contributed by atoms with Gasteiger partial charge >= 0.3 is 0 Å². The zero-order chi connectivity index (χ0) is 18.4. The summed E-state index contributed by atoms with van der Waals surface area (Å²) in [7, 11) is 0. The Morgan fingerprint density at radius 2 is 2.04 bits per heavy atom. The number of nitrogens with one attached hydrogen (secondary N) is 2. The molecule has 0 aromatic heterocycles. The summed E-state index contributed by atoms with van der Waals surface area (Å²) in [6.07, 6.45) is 1.67. The van der Waals surface area contributed by atoms with E-state index in [-0.39, 0.29) is 18.2 Å². The maximum Gasteiger partial charge on any atom is 0.240 e. The summed E-state index contributed by atoms with van der Waals surface area (Å²) in [6.45, 7) is 0. The number of hydrogen-bond donors (Lipinski definition) is 2. The fourth-order valence-corrected chi connectivity index (χ4v) is 3.56. The Labute approximate surface area is 163 Å². The lowest BCUT2D eigenvalue weighted by Gasteiger charge is -2.06. The summed E-state index contributed by atoms with van der Waals surface area (Å²) in [5, 5.41) is 13.3. The zero-order valence-electron chi connectivity index (χ0n) is 13.6. The van der Waals surface area contributed by atoms with E-state index >= 15 is 0 Å². The Bertz CT molecular complexity index is 871. The van der Waals surface area contributed by atoms with Crippen LogP contribution in [0.3, 0.4) is 0 Å². The Balaban J connectivity index is 1.55. The second kappa shape index (κ2) is 8.77. The van der Waals surface area contributed by atoms with Gasteiger partial charge in [-0.05, 0) is 29.8 Å². The number of nitrogens with zero attached hydrogens (tertiary/aromatic N) is 2. The molecule has 1 fully saturated rings. The predicted octanol–water partition coefficient (Wildman–Crippen LogP) is 3.40. The molecule has 0 spiro atoms. The molecule has 0 bridgehead atoms. The lowest BCUT2D eigenvalue weighted by molar-refractivity contribution is -0.122. The highest BCUT2D eigenvalue weighted by Crippen LogP contribution is 2.23. The molecule has 1 heterocycles. The molecule has 1 atom stereocenters. The van der Waals surface area contributed by atoms with Gasteiger partial charge in [0.2, 0.25) is 11.8 Å². The predicted molar refractivity (Wildman–Crippen MR) is 108 cm³/mol. The second-order valence-electron chi connectivity index (χ2n) is 5.42. The number of amidine groups is 1. The second-order valence-corrected chi connectivity index (χ2v) is 7.53. The topological polar surface area (TPSA) is 82.9 Å². The van der Waals surface area contributed by atoms with E-state index in [2.05, 4.69) is 36.8 Å². The molecular weight excluding hydrogens is 416 g/mol. The van der Waals surface area contributed by atoms with Crippen LogP contribution in [0.5, 0.6) is 0 Å². The lowest BCUT2D eigenvalue weighted by atomic mass is 10.2. The molecule has 6 nitrogen and oxygen atoms in total. The third kappa shape index (κ3) is 5.27. The van der Waals surface area contributed by atoms with E-state index in [0.717, 1.165) is 10.0 Å². The number of rotatable bonds is 5. The average Bonchev–Trinajstić information content (AvgIpc) is 2.95. The molecule has 2 N–H and O–H groups in total. The number of carbonyl (C=O) groups is 2. The van der Waals surface area contributed by atoms with Gasteiger partial charge in [0.25, 0.3) is 0 Å². The molecule has 0 saturated carbocycles. The van der Waals surface area contributed by atoms with Crippen LogP contribution >= 0.6 is 27.7 Å². The van der Waals surface area contributed by atoms with Crippen molar-refractivity contribution >= 4 is 56.6 Å². The van der Waals surface area contributed by atoms with E-state index in [4.69, 9.17) is 0 Å². The first-order valence-corrected chi connectivity index (χ1v) is 9.46. The van der Waals surface area contributed by atoms with Crippen LogP contribution in [0.25, 0.3) is 0 Å². The van der Waals surface area contributed by atoms with Crippen molar-refractivity contribution in [2.45, 2.75) is 11.7 Å². The normalized spacial score (nSPS) is 18.3. The molecule has 0 aliphatic carbocycles. The van der Waals surface area contributed by atoms with Crippen LogP contribution in [0, 0.1) is 0 Å². The number of anilines is 1. The van der Waals surface area contributed by atoms with Crippen molar-refractivity contribution in [2.24, 2.45) is 10.2 Å². The number of thioether (sulfide) groups is 1. The van der Waals surface area contributed by atoms with Crippen LogP contribution in [0.1, 0.15) is 12.0 Å². The zero-order valence-corrected chi connectivity index (χ0v) is 16.0. The average molecular weight is 431 g/mol. The number of halogens is 1. The van der Waals surface area contributed by atoms with E-state index in [1.165, 1.54) is 11.8 Å². The van der Waals surface area contributed by atoms with Crippen LogP contribution in [0.2, 0.25) is 0 Å². The van der Waals surface area contributed by atoms with Crippen molar-refractivity contribution in [3.63, 3.8) is 0 Å². The van der Waals surface area contributed by atoms with Gasteiger partial charge < -0.3 is 10.6 Å². The van der Waals surface area contributed by atoms with Crippen LogP contribution in [0.4, 0.5) is 5.69 Å². The Hall–Kier alpha value is -2.45. The van der Waals surface area contributed by atoms with Gasteiger partial charge in [0.05, 0.1) is 6.21 Å². The van der Waals surface area contributed by atoms with Crippen LogP contribution in [0.15, 0.2) is 69.3 Å². The lowest BCUT2D eigenvalue weighted by Crippen LogP contribution is -2.28. The fourth-order valence-electron chi connectivity index (χ4n) is 2.22. The highest BCUT2D eigenvalue weighted by Gasteiger charge is 2.32. The van der Waals surface area contributed by atoms with Crippen LogP contribution in [-0.4, -0.2) is 28.4 Å². The highest BCUT2D eigenvalue weighted by molar-refractivity contribution is 9.10. The monoisotopic (exact) mass is 430 g/mol. The maximum atomic E-state index is 12.1. The molecular formula is C18H15BrN4O2S. The molecule has 3 rings (SSSR count). The first-order chi connectivity index (χ1) is 12.6. The van der Waals surface area contributed by atoms with Gasteiger partial charge in [-0.2, -0.15) is 5.10 Å². The van der Waals surface area contributed by atoms with Gasteiger partial charge in [-0.25, -0.2) is 0 Å². The summed E-state index contributed by atoms with van der Waals surface area (Å²) < 4.78 is 0.946. The molecule has 0 unspecified atom stereocenters. The van der Waals surface area contributed by atoms with Crippen molar-refractivity contribution < 1.29 is 9.59 Å². The van der Waals surface area contributed by atoms with Crippen molar-refractivity contribution in [1.82, 2.24) is 5.32 Å². The molecule has 2 aromatic rings.